The van der Waals surface area contributed by atoms with Gasteiger partial charge in [0.15, 0.2) is 0 Å². The Morgan fingerprint density at radius 2 is 2.00 bits per heavy atom. The van der Waals surface area contributed by atoms with E-state index in [4.69, 9.17) is 4.74 Å². The molecule has 1 unspecified atom stereocenters. The molecule has 2 nitrogen and oxygen atoms in total. The summed E-state index contributed by atoms with van der Waals surface area (Å²) in [5.41, 5.74) is 2.85. The van der Waals surface area contributed by atoms with Crippen molar-refractivity contribution in [2.45, 2.75) is 53.4 Å². The van der Waals surface area contributed by atoms with Crippen LogP contribution in [0.25, 0.3) is 0 Å². The lowest BCUT2D eigenvalue weighted by atomic mass is 10.0. The van der Waals surface area contributed by atoms with E-state index in [-0.39, 0.29) is 5.97 Å². The number of benzene rings is 1. The van der Waals surface area contributed by atoms with Gasteiger partial charge in [-0.05, 0) is 37.8 Å². The van der Waals surface area contributed by atoms with E-state index >= 15 is 0 Å². The van der Waals surface area contributed by atoms with Gasteiger partial charge in [0, 0.05) is 0 Å². The normalized spacial score (nSPS) is 12.2. The standard InChI is InChI=1S/C17H26O2/c1-5-7-8-15(6-2)12-19-17(18)16-10-9-13(3)11-14(16)4/h9-11,15H,5-8,12H2,1-4H3. The second-order valence-electron chi connectivity index (χ2n) is 5.33. The maximum atomic E-state index is 12.0. The summed E-state index contributed by atoms with van der Waals surface area (Å²) >= 11 is 0. The first-order chi connectivity index (χ1) is 9.08. The van der Waals surface area contributed by atoms with Gasteiger partial charge in [-0.3, -0.25) is 0 Å². The highest BCUT2D eigenvalue weighted by Gasteiger charge is 2.13. The van der Waals surface area contributed by atoms with Crippen molar-refractivity contribution in [2.75, 3.05) is 6.61 Å². The third kappa shape index (κ3) is 5.06. The minimum atomic E-state index is -0.188. The summed E-state index contributed by atoms with van der Waals surface area (Å²) in [6, 6.07) is 5.84. The minimum Gasteiger partial charge on any atom is -0.462 e. The number of ether oxygens (including phenoxy) is 1. The molecule has 0 amide bonds. The van der Waals surface area contributed by atoms with Crippen LogP contribution in [0, 0.1) is 19.8 Å². The Morgan fingerprint density at radius 1 is 1.26 bits per heavy atom. The van der Waals surface area contributed by atoms with E-state index in [1.54, 1.807) is 0 Å². The molecular formula is C17H26O2. The van der Waals surface area contributed by atoms with Gasteiger partial charge in [0.2, 0.25) is 0 Å². The summed E-state index contributed by atoms with van der Waals surface area (Å²) in [7, 11) is 0. The van der Waals surface area contributed by atoms with Crippen molar-refractivity contribution in [3.8, 4) is 0 Å². The first-order valence-corrected chi connectivity index (χ1v) is 7.32. The molecule has 1 atom stereocenters. The third-order valence-electron chi connectivity index (χ3n) is 3.60. The second kappa shape index (κ2) is 7.98. The Balaban J connectivity index is 2.54. The first-order valence-electron chi connectivity index (χ1n) is 7.32. The molecule has 2 heteroatoms. The molecule has 0 radical (unpaired) electrons. The summed E-state index contributed by atoms with van der Waals surface area (Å²) in [4.78, 5) is 12.0. The monoisotopic (exact) mass is 262 g/mol. The number of unbranched alkanes of at least 4 members (excludes halogenated alkanes) is 1. The highest BCUT2D eigenvalue weighted by Crippen LogP contribution is 2.16. The average Bonchev–Trinajstić information content (AvgIpc) is 2.38. The van der Waals surface area contributed by atoms with Crippen molar-refractivity contribution >= 4 is 5.97 Å². The van der Waals surface area contributed by atoms with Crippen LogP contribution in [0.2, 0.25) is 0 Å². The molecule has 0 N–H and O–H groups in total. The molecule has 1 aromatic rings. The molecular weight excluding hydrogens is 236 g/mol. The lowest BCUT2D eigenvalue weighted by Gasteiger charge is -2.15. The Hall–Kier alpha value is -1.31. The molecule has 0 heterocycles. The third-order valence-corrected chi connectivity index (χ3v) is 3.60. The largest absolute Gasteiger partial charge is 0.462 e. The second-order valence-corrected chi connectivity index (χ2v) is 5.33. The highest BCUT2D eigenvalue weighted by atomic mass is 16.5. The van der Waals surface area contributed by atoms with Gasteiger partial charge in [-0.1, -0.05) is 50.8 Å². The predicted octanol–water partition coefficient (Wildman–Crippen LogP) is 4.68. The molecule has 1 aromatic carbocycles. The Bertz CT molecular complexity index is 410. The summed E-state index contributed by atoms with van der Waals surface area (Å²) in [5, 5.41) is 0. The number of hydrogen-bond donors (Lipinski definition) is 0. The van der Waals surface area contributed by atoms with Gasteiger partial charge in [-0.15, -0.1) is 0 Å². The van der Waals surface area contributed by atoms with Crippen LogP contribution in [-0.4, -0.2) is 12.6 Å². The van der Waals surface area contributed by atoms with Crippen LogP contribution in [0.3, 0.4) is 0 Å². The van der Waals surface area contributed by atoms with Gasteiger partial charge in [0.1, 0.15) is 0 Å². The topological polar surface area (TPSA) is 26.3 Å². The molecule has 0 saturated carbocycles. The molecule has 1 rings (SSSR count). The van der Waals surface area contributed by atoms with Gasteiger partial charge in [0.05, 0.1) is 12.2 Å². The highest BCUT2D eigenvalue weighted by molar-refractivity contribution is 5.91. The molecule has 0 aliphatic carbocycles. The molecule has 0 bridgehead atoms. The molecule has 0 fully saturated rings. The lowest BCUT2D eigenvalue weighted by molar-refractivity contribution is 0.0427. The lowest BCUT2D eigenvalue weighted by Crippen LogP contribution is -2.14. The smallest absolute Gasteiger partial charge is 0.338 e. The number of carbonyl (C=O) groups excluding carboxylic acids is 1. The maximum Gasteiger partial charge on any atom is 0.338 e. The van der Waals surface area contributed by atoms with Gasteiger partial charge in [-0.2, -0.15) is 0 Å². The quantitative estimate of drug-likeness (QED) is 0.667. The van der Waals surface area contributed by atoms with E-state index < -0.39 is 0 Å². The van der Waals surface area contributed by atoms with E-state index in [2.05, 4.69) is 13.8 Å². The van der Waals surface area contributed by atoms with Crippen LogP contribution in [0.1, 0.15) is 61.0 Å². The number of hydrogen-bond acceptors (Lipinski definition) is 2. The maximum absolute atomic E-state index is 12.0. The molecule has 19 heavy (non-hydrogen) atoms. The van der Waals surface area contributed by atoms with Gasteiger partial charge < -0.3 is 4.74 Å². The zero-order chi connectivity index (χ0) is 14.3. The van der Waals surface area contributed by atoms with Gasteiger partial charge in [0.25, 0.3) is 0 Å². The zero-order valence-corrected chi connectivity index (χ0v) is 12.7. The van der Waals surface area contributed by atoms with Crippen molar-refractivity contribution in [3.63, 3.8) is 0 Å². The van der Waals surface area contributed by atoms with Crippen LogP contribution in [0.15, 0.2) is 18.2 Å². The summed E-state index contributed by atoms with van der Waals surface area (Å²) < 4.78 is 5.46. The van der Waals surface area contributed by atoms with Crippen molar-refractivity contribution in [2.24, 2.45) is 5.92 Å². The van der Waals surface area contributed by atoms with Crippen LogP contribution in [0.5, 0.6) is 0 Å². The van der Waals surface area contributed by atoms with Gasteiger partial charge in [-0.25, -0.2) is 4.79 Å². The molecule has 0 saturated heterocycles. The predicted molar refractivity (Wildman–Crippen MR) is 79.5 cm³/mol. The number of rotatable bonds is 7. The first kappa shape index (κ1) is 15.7. The minimum absolute atomic E-state index is 0.188. The van der Waals surface area contributed by atoms with Crippen molar-refractivity contribution in [1.29, 1.82) is 0 Å². The van der Waals surface area contributed by atoms with E-state index in [1.165, 1.54) is 18.4 Å². The van der Waals surface area contributed by atoms with Crippen molar-refractivity contribution < 1.29 is 9.53 Å². The fraction of sp³-hybridized carbons (Fsp3) is 0.588. The molecule has 106 valence electrons. The Morgan fingerprint density at radius 3 is 2.58 bits per heavy atom. The van der Waals surface area contributed by atoms with E-state index in [1.807, 2.05) is 32.0 Å². The molecule has 0 aliphatic rings. The summed E-state index contributed by atoms with van der Waals surface area (Å²) in [6.07, 6.45) is 4.62. The van der Waals surface area contributed by atoms with Crippen molar-refractivity contribution in [3.05, 3.63) is 34.9 Å². The number of esters is 1. The fourth-order valence-corrected chi connectivity index (χ4v) is 2.21. The van der Waals surface area contributed by atoms with Gasteiger partial charge >= 0.3 is 5.97 Å². The van der Waals surface area contributed by atoms with Crippen LogP contribution < -0.4 is 0 Å². The van der Waals surface area contributed by atoms with Crippen LogP contribution >= 0.6 is 0 Å². The van der Waals surface area contributed by atoms with Crippen LogP contribution in [0.4, 0.5) is 0 Å². The summed E-state index contributed by atoms with van der Waals surface area (Å²) in [6.45, 7) is 8.88. The van der Waals surface area contributed by atoms with Crippen LogP contribution in [-0.2, 0) is 4.74 Å². The zero-order valence-electron chi connectivity index (χ0n) is 12.7. The fourth-order valence-electron chi connectivity index (χ4n) is 2.21. The number of carbonyl (C=O) groups is 1. The van der Waals surface area contributed by atoms with E-state index in [0.29, 0.717) is 18.1 Å². The number of aryl methyl sites for hydroxylation is 2. The van der Waals surface area contributed by atoms with Crippen molar-refractivity contribution in [1.82, 2.24) is 0 Å². The SMILES string of the molecule is CCCCC(CC)COC(=O)c1ccc(C)cc1C. The molecule has 0 aromatic heterocycles. The average molecular weight is 262 g/mol. The van der Waals surface area contributed by atoms with E-state index in [9.17, 15) is 4.79 Å². The molecule has 0 spiro atoms. The Kier molecular flexibility index (Phi) is 6.61. The van der Waals surface area contributed by atoms with E-state index in [0.717, 1.165) is 18.4 Å². The molecule has 0 aliphatic heterocycles. The Labute approximate surface area is 117 Å². The summed E-state index contributed by atoms with van der Waals surface area (Å²) in [5.74, 6) is 0.308.